The van der Waals surface area contributed by atoms with Crippen LogP contribution in [0.25, 0.3) is 16.8 Å². The normalized spacial score (nSPS) is 15.2. The fourth-order valence-corrected chi connectivity index (χ4v) is 5.24. The lowest BCUT2D eigenvalue weighted by atomic mass is 10.1. The van der Waals surface area contributed by atoms with Crippen molar-refractivity contribution < 1.29 is 22.7 Å². The van der Waals surface area contributed by atoms with E-state index in [0.29, 0.717) is 17.3 Å². The maximum absolute atomic E-state index is 13.1. The number of anilines is 1. The van der Waals surface area contributed by atoms with Crippen molar-refractivity contribution in [2.45, 2.75) is 12.8 Å². The van der Waals surface area contributed by atoms with Gasteiger partial charge in [-0.05, 0) is 58.3 Å². The highest BCUT2D eigenvalue weighted by molar-refractivity contribution is 8.27. The minimum Gasteiger partial charge on any atom is -0.489 e. The van der Waals surface area contributed by atoms with Crippen LogP contribution in [-0.4, -0.2) is 10.2 Å². The maximum Gasteiger partial charge on any atom is 0.416 e. The van der Waals surface area contributed by atoms with Crippen LogP contribution in [0.1, 0.15) is 16.7 Å². The molecular formula is C28H18F3NO2S2. The number of carbonyl (C=O) groups excluding carboxylic acids is 1. The maximum atomic E-state index is 13.1. The molecule has 0 atom stereocenters. The van der Waals surface area contributed by atoms with Crippen molar-refractivity contribution >= 4 is 56.7 Å². The van der Waals surface area contributed by atoms with Crippen molar-refractivity contribution in [3.05, 3.63) is 113 Å². The molecule has 1 aliphatic rings. The summed E-state index contributed by atoms with van der Waals surface area (Å²) in [6.45, 7) is 0.377. The number of fused-ring (bicyclic) bond motifs is 1. The van der Waals surface area contributed by atoms with Crippen LogP contribution in [0.2, 0.25) is 0 Å². The second kappa shape index (κ2) is 9.79. The highest BCUT2D eigenvalue weighted by Gasteiger charge is 2.36. The van der Waals surface area contributed by atoms with Crippen molar-refractivity contribution in [1.82, 2.24) is 0 Å². The second-order valence-electron chi connectivity index (χ2n) is 8.06. The summed E-state index contributed by atoms with van der Waals surface area (Å²) in [5.41, 5.74) is 1.02. The summed E-state index contributed by atoms with van der Waals surface area (Å²) in [4.78, 5) is 14.5. The average molecular weight is 522 g/mol. The van der Waals surface area contributed by atoms with E-state index in [9.17, 15) is 18.0 Å². The van der Waals surface area contributed by atoms with Gasteiger partial charge in [0.2, 0.25) is 0 Å². The number of hydrogen-bond donors (Lipinski definition) is 0. The van der Waals surface area contributed by atoms with E-state index in [0.717, 1.165) is 50.7 Å². The highest BCUT2D eigenvalue weighted by atomic mass is 32.2. The Morgan fingerprint density at radius 2 is 1.67 bits per heavy atom. The molecule has 0 aromatic heterocycles. The first kappa shape index (κ1) is 24.1. The van der Waals surface area contributed by atoms with Crippen LogP contribution in [0, 0.1) is 0 Å². The van der Waals surface area contributed by atoms with Gasteiger partial charge in [-0.2, -0.15) is 13.2 Å². The molecule has 0 radical (unpaired) electrons. The Morgan fingerprint density at radius 1 is 0.917 bits per heavy atom. The molecule has 0 aliphatic carbocycles. The Morgan fingerprint density at radius 3 is 2.50 bits per heavy atom. The topological polar surface area (TPSA) is 29.5 Å². The minimum absolute atomic E-state index is 0.0860. The van der Waals surface area contributed by atoms with E-state index in [2.05, 4.69) is 18.2 Å². The monoisotopic (exact) mass is 521 g/mol. The zero-order valence-corrected chi connectivity index (χ0v) is 20.3. The van der Waals surface area contributed by atoms with Crippen molar-refractivity contribution in [3.8, 4) is 5.75 Å². The van der Waals surface area contributed by atoms with Crippen LogP contribution >= 0.6 is 24.0 Å². The zero-order chi connectivity index (χ0) is 25.3. The SMILES string of the molecule is O=C1/C(=C\c2cccc(OCc3cccc4ccccc34)c2)SC(=S)N1c1cccc(C(F)(F)F)c1. The molecule has 1 heterocycles. The Balaban J connectivity index is 1.35. The van der Waals surface area contributed by atoms with E-state index in [1.165, 1.54) is 12.1 Å². The predicted molar refractivity (Wildman–Crippen MR) is 142 cm³/mol. The van der Waals surface area contributed by atoms with Crippen molar-refractivity contribution in [2.75, 3.05) is 4.90 Å². The average Bonchev–Trinajstić information content (AvgIpc) is 3.14. The Bertz CT molecular complexity index is 1510. The van der Waals surface area contributed by atoms with Crippen LogP contribution in [0.4, 0.5) is 18.9 Å². The molecule has 1 fully saturated rings. The molecule has 3 nitrogen and oxygen atoms in total. The summed E-state index contributed by atoms with van der Waals surface area (Å²) in [5.74, 6) is 0.163. The van der Waals surface area contributed by atoms with Crippen LogP contribution in [-0.2, 0) is 17.6 Å². The molecule has 0 saturated carbocycles. The zero-order valence-electron chi connectivity index (χ0n) is 18.7. The lowest BCUT2D eigenvalue weighted by molar-refractivity contribution is -0.137. The number of alkyl halides is 3. The van der Waals surface area contributed by atoms with Crippen LogP contribution in [0.15, 0.2) is 95.9 Å². The second-order valence-corrected chi connectivity index (χ2v) is 9.74. The van der Waals surface area contributed by atoms with Gasteiger partial charge in [0.25, 0.3) is 5.91 Å². The lowest BCUT2D eigenvalue weighted by Gasteiger charge is -2.16. The van der Waals surface area contributed by atoms with Gasteiger partial charge in [0.1, 0.15) is 12.4 Å². The fraction of sp³-hybridized carbons (Fsp3) is 0.0714. The van der Waals surface area contributed by atoms with Crippen molar-refractivity contribution in [3.63, 3.8) is 0 Å². The number of thiocarbonyl (C=S) groups is 1. The Hall–Kier alpha value is -3.62. The van der Waals surface area contributed by atoms with Gasteiger partial charge < -0.3 is 4.74 Å². The van der Waals surface area contributed by atoms with Gasteiger partial charge in [0.15, 0.2) is 4.32 Å². The molecule has 1 amide bonds. The van der Waals surface area contributed by atoms with Gasteiger partial charge in [0, 0.05) is 0 Å². The van der Waals surface area contributed by atoms with Gasteiger partial charge in [-0.15, -0.1) is 0 Å². The van der Waals surface area contributed by atoms with Gasteiger partial charge in [0.05, 0.1) is 16.2 Å². The lowest BCUT2D eigenvalue weighted by Crippen LogP contribution is -2.27. The molecule has 0 unspecified atom stereocenters. The smallest absolute Gasteiger partial charge is 0.416 e. The van der Waals surface area contributed by atoms with E-state index in [1.54, 1.807) is 6.08 Å². The molecule has 0 bridgehead atoms. The molecule has 4 aromatic rings. The quantitative estimate of drug-likeness (QED) is 0.198. The third-order valence-electron chi connectivity index (χ3n) is 5.66. The number of thioether (sulfide) groups is 1. The number of benzene rings is 4. The minimum atomic E-state index is -4.52. The van der Waals surface area contributed by atoms with Crippen LogP contribution < -0.4 is 9.64 Å². The number of amides is 1. The van der Waals surface area contributed by atoms with Crippen molar-refractivity contribution in [2.24, 2.45) is 0 Å². The Kier molecular flexibility index (Phi) is 6.55. The van der Waals surface area contributed by atoms with Gasteiger partial charge in [-0.3, -0.25) is 9.69 Å². The molecular weight excluding hydrogens is 503 g/mol. The van der Waals surface area contributed by atoms with Crippen LogP contribution in [0.5, 0.6) is 5.75 Å². The molecule has 5 rings (SSSR count). The summed E-state index contributed by atoms with van der Waals surface area (Å²) in [7, 11) is 0. The number of hydrogen-bond acceptors (Lipinski definition) is 4. The number of ether oxygens (including phenoxy) is 1. The number of rotatable bonds is 5. The summed E-state index contributed by atoms with van der Waals surface area (Å²) in [5, 5.41) is 2.25. The molecule has 4 aromatic carbocycles. The molecule has 36 heavy (non-hydrogen) atoms. The van der Waals surface area contributed by atoms with E-state index < -0.39 is 17.6 Å². The molecule has 8 heteroatoms. The molecule has 0 N–H and O–H groups in total. The summed E-state index contributed by atoms with van der Waals surface area (Å²) in [6, 6.07) is 26.0. The number of halogens is 3. The molecule has 1 aliphatic heterocycles. The first-order valence-corrected chi connectivity index (χ1v) is 12.2. The largest absolute Gasteiger partial charge is 0.489 e. The van der Waals surface area contributed by atoms with E-state index >= 15 is 0 Å². The highest BCUT2D eigenvalue weighted by Crippen LogP contribution is 2.38. The van der Waals surface area contributed by atoms with Gasteiger partial charge in [-0.25, -0.2) is 0 Å². The first-order chi connectivity index (χ1) is 17.3. The third-order valence-corrected chi connectivity index (χ3v) is 6.96. The molecule has 180 valence electrons. The number of carbonyl (C=O) groups is 1. The molecule has 0 spiro atoms. The van der Waals surface area contributed by atoms with E-state index in [4.69, 9.17) is 17.0 Å². The fourth-order valence-electron chi connectivity index (χ4n) is 3.94. The standard InChI is InChI=1S/C28H18F3NO2S2/c29-28(30,31)21-10-5-11-22(16-21)32-26(33)25(36-27(32)35)15-18-6-3-12-23(14-18)34-17-20-9-4-8-19-7-1-2-13-24(19)20/h1-16H,17H2/b25-15+. The summed E-state index contributed by atoms with van der Waals surface area (Å²) >= 11 is 6.36. The van der Waals surface area contributed by atoms with Gasteiger partial charge >= 0.3 is 6.18 Å². The predicted octanol–water partition coefficient (Wildman–Crippen LogP) is 7.84. The summed E-state index contributed by atoms with van der Waals surface area (Å²) in [6.07, 6.45) is -2.85. The van der Waals surface area contributed by atoms with Crippen LogP contribution in [0.3, 0.4) is 0 Å². The Labute approximate surface area is 215 Å². The van der Waals surface area contributed by atoms with E-state index in [-0.39, 0.29) is 10.0 Å². The molecule has 1 saturated heterocycles. The van der Waals surface area contributed by atoms with E-state index in [1.807, 2.05) is 48.5 Å². The third kappa shape index (κ3) is 5.01. The summed E-state index contributed by atoms with van der Waals surface area (Å²) < 4.78 is 45.6. The number of nitrogens with zero attached hydrogens (tertiary/aromatic N) is 1. The first-order valence-electron chi connectivity index (χ1n) is 10.9. The van der Waals surface area contributed by atoms with Gasteiger partial charge in [-0.1, -0.05) is 84.6 Å². The van der Waals surface area contributed by atoms with Crippen molar-refractivity contribution in [1.29, 1.82) is 0 Å².